The van der Waals surface area contributed by atoms with Gasteiger partial charge in [0.1, 0.15) is 15.6 Å². The highest BCUT2D eigenvalue weighted by Crippen LogP contribution is 2.09. The molecule has 0 saturated carbocycles. The van der Waals surface area contributed by atoms with Crippen LogP contribution in [-0.4, -0.2) is 32.3 Å². The molecule has 0 rings (SSSR count). The van der Waals surface area contributed by atoms with E-state index < -0.39 is 9.84 Å². The third-order valence-corrected chi connectivity index (χ3v) is 4.18. The smallest absolute Gasteiger partial charge is 0.150 e. The van der Waals surface area contributed by atoms with Crippen LogP contribution in [0.1, 0.15) is 33.1 Å². The largest absolute Gasteiger partial charge is 0.330 e. The maximum Gasteiger partial charge on any atom is 0.150 e. The molecular weight excluding hydrogens is 214 g/mol. The minimum Gasteiger partial charge on any atom is -0.330 e. The quantitative estimate of drug-likeness (QED) is 0.673. The fourth-order valence-electron chi connectivity index (χ4n) is 1.36. The SMILES string of the molecule is CCCC(CN)C(=O)CCS(=O)(=O)CC. The first-order chi connectivity index (χ1) is 6.96. The van der Waals surface area contributed by atoms with Gasteiger partial charge in [-0.1, -0.05) is 20.3 Å². The average Bonchev–Trinajstić information content (AvgIpc) is 2.22. The summed E-state index contributed by atoms with van der Waals surface area (Å²) >= 11 is 0. The molecule has 0 radical (unpaired) electrons. The number of ketones is 1. The van der Waals surface area contributed by atoms with E-state index in [1.165, 1.54) is 0 Å². The van der Waals surface area contributed by atoms with Crippen molar-refractivity contribution in [3.8, 4) is 0 Å². The van der Waals surface area contributed by atoms with Crippen molar-refractivity contribution in [3.63, 3.8) is 0 Å². The van der Waals surface area contributed by atoms with Crippen LogP contribution in [0, 0.1) is 5.92 Å². The zero-order chi connectivity index (χ0) is 11.9. The van der Waals surface area contributed by atoms with Crippen molar-refractivity contribution in [3.05, 3.63) is 0 Å². The van der Waals surface area contributed by atoms with Gasteiger partial charge in [0.25, 0.3) is 0 Å². The number of carbonyl (C=O) groups excluding carboxylic acids is 1. The minimum atomic E-state index is -3.03. The van der Waals surface area contributed by atoms with Crippen LogP contribution in [-0.2, 0) is 14.6 Å². The van der Waals surface area contributed by atoms with Crippen molar-refractivity contribution in [2.45, 2.75) is 33.1 Å². The maximum absolute atomic E-state index is 11.6. The fraction of sp³-hybridized carbons (Fsp3) is 0.900. The van der Waals surface area contributed by atoms with Gasteiger partial charge in [-0.3, -0.25) is 4.79 Å². The topological polar surface area (TPSA) is 77.2 Å². The molecule has 0 saturated heterocycles. The van der Waals surface area contributed by atoms with Crippen LogP contribution in [0.25, 0.3) is 0 Å². The zero-order valence-corrected chi connectivity index (χ0v) is 10.3. The molecule has 0 aliphatic rings. The van der Waals surface area contributed by atoms with E-state index in [1.807, 2.05) is 6.92 Å². The summed E-state index contributed by atoms with van der Waals surface area (Å²) < 4.78 is 22.4. The Hall–Kier alpha value is -0.420. The maximum atomic E-state index is 11.6. The van der Waals surface area contributed by atoms with E-state index in [1.54, 1.807) is 6.92 Å². The third kappa shape index (κ3) is 5.89. The van der Waals surface area contributed by atoms with Gasteiger partial charge in [-0.2, -0.15) is 0 Å². The number of hydrogen-bond acceptors (Lipinski definition) is 4. The monoisotopic (exact) mass is 235 g/mol. The molecule has 1 atom stereocenters. The molecule has 0 aromatic heterocycles. The molecule has 5 heteroatoms. The van der Waals surface area contributed by atoms with Crippen molar-refractivity contribution in [2.24, 2.45) is 11.7 Å². The Bertz CT molecular complexity index is 285. The Kier molecular flexibility index (Phi) is 6.76. The molecule has 0 bridgehead atoms. The van der Waals surface area contributed by atoms with Gasteiger partial charge in [0, 0.05) is 24.6 Å². The molecule has 0 aromatic carbocycles. The van der Waals surface area contributed by atoms with E-state index in [9.17, 15) is 13.2 Å². The Morgan fingerprint density at radius 2 is 1.93 bits per heavy atom. The Labute approximate surface area is 92.2 Å². The van der Waals surface area contributed by atoms with Gasteiger partial charge in [-0.25, -0.2) is 8.42 Å². The Morgan fingerprint density at radius 1 is 1.33 bits per heavy atom. The summed E-state index contributed by atoms with van der Waals surface area (Å²) in [5.41, 5.74) is 5.46. The molecule has 15 heavy (non-hydrogen) atoms. The highest BCUT2D eigenvalue weighted by atomic mass is 32.2. The van der Waals surface area contributed by atoms with Crippen LogP contribution >= 0.6 is 0 Å². The van der Waals surface area contributed by atoms with Crippen LogP contribution in [0.15, 0.2) is 0 Å². The summed E-state index contributed by atoms with van der Waals surface area (Å²) in [6.07, 6.45) is 1.76. The molecule has 0 aromatic rings. The summed E-state index contributed by atoms with van der Waals surface area (Å²) in [7, 11) is -3.03. The van der Waals surface area contributed by atoms with Gasteiger partial charge >= 0.3 is 0 Å². The van der Waals surface area contributed by atoms with E-state index in [4.69, 9.17) is 5.73 Å². The first-order valence-corrected chi connectivity index (χ1v) is 7.22. The highest BCUT2D eigenvalue weighted by Gasteiger charge is 2.18. The standard InChI is InChI=1S/C10H21NO3S/c1-3-5-9(8-11)10(12)6-7-15(13,14)4-2/h9H,3-8,11H2,1-2H3. The number of Topliss-reactive ketones (excluding diaryl/α,β-unsaturated/α-hetero) is 1. The second-order valence-electron chi connectivity index (χ2n) is 3.67. The zero-order valence-electron chi connectivity index (χ0n) is 9.53. The van der Waals surface area contributed by atoms with Gasteiger partial charge in [0.2, 0.25) is 0 Å². The first kappa shape index (κ1) is 14.6. The Balaban J connectivity index is 4.12. The van der Waals surface area contributed by atoms with E-state index in [0.29, 0.717) is 6.54 Å². The van der Waals surface area contributed by atoms with E-state index in [0.717, 1.165) is 12.8 Å². The lowest BCUT2D eigenvalue weighted by atomic mass is 9.97. The number of carbonyl (C=O) groups is 1. The third-order valence-electron chi connectivity index (χ3n) is 2.48. The molecule has 0 spiro atoms. The van der Waals surface area contributed by atoms with Crippen molar-refractivity contribution in [2.75, 3.05) is 18.1 Å². The van der Waals surface area contributed by atoms with Gasteiger partial charge < -0.3 is 5.73 Å². The van der Waals surface area contributed by atoms with E-state index in [-0.39, 0.29) is 29.6 Å². The summed E-state index contributed by atoms with van der Waals surface area (Å²) in [5, 5.41) is 0. The molecule has 0 aliphatic heterocycles. The number of nitrogens with two attached hydrogens (primary N) is 1. The molecule has 2 N–H and O–H groups in total. The van der Waals surface area contributed by atoms with Gasteiger partial charge in [-0.15, -0.1) is 0 Å². The lowest BCUT2D eigenvalue weighted by molar-refractivity contribution is -0.122. The summed E-state index contributed by atoms with van der Waals surface area (Å²) in [4.78, 5) is 11.6. The molecule has 0 aliphatic carbocycles. The molecule has 1 unspecified atom stereocenters. The lowest BCUT2D eigenvalue weighted by Gasteiger charge is -2.11. The van der Waals surface area contributed by atoms with Crippen molar-refractivity contribution in [1.82, 2.24) is 0 Å². The second-order valence-corrected chi connectivity index (χ2v) is 6.15. The number of rotatable bonds is 8. The fourth-order valence-corrected chi connectivity index (χ4v) is 2.16. The van der Waals surface area contributed by atoms with Crippen LogP contribution in [0.5, 0.6) is 0 Å². The minimum absolute atomic E-state index is 0.0172. The van der Waals surface area contributed by atoms with Crippen LogP contribution in [0.2, 0.25) is 0 Å². The second kappa shape index (κ2) is 6.95. The molecule has 4 nitrogen and oxygen atoms in total. The van der Waals surface area contributed by atoms with Gasteiger partial charge in [0.15, 0.2) is 0 Å². The van der Waals surface area contributed by atoms with E-state index >= 15 is 0 Å². The molecule has 0 amide bonds. The van der Waals surface area contributed by atoms with Gasteiger partial charge in [0.05, 0.1) is 5.75 Å². The first-order valence-electron chi connectivity index (χ1n) is 5.40. The van der Waals surface area contributed by atoms with Crippen LogP contribution < -0.4 is 5.73 Å². The van der Waals surface area contributed by atoms with Crippen molar-refractivity contribution < 1.29 is 13.2 Å². The van der Waals surface area contributed by atoms with Crippen molar-refractivity contribution in [1.29, 1.82) is 0 Å². The molecule has 90 valence electrons. The summed E-state index contributed by atoms with van der Waals surface area (Å²) in [6, 6.07) is 0. The predicted octanol–water partition coefficient (Wildman–Crippen LogP) is 0.755. The van der Waals surface area contributed by atoms with Gasteiger partial charge in [-0.05, 0) is 6.42 Å². The Morgan fingerprint density at radius 3 is 2.33 bits per heavy atom. The molecule has 0 fully saturated rings. The number of sulfone groups is 1. The highest BCUT2D eigenvalue weighted by molar-refractivity contribution is 7.91. The van der Waals surface area contributed by atoms with Crippen LogP contribution in [0.3, 0.4) is 0 Å². The van der Waals surface area contributed by atoms with E-state index in [2.05, 4.69) is 0 Å². The summed E-state index contributed by atoms with van der Waals surface area (Å²) in [6.45, 7) is 3.89. The lowest BCUT2D eigenvalue weighted by Crippen LogP contribution is -2.25. The molecular formula is C10H21NO3S. The van der Waals surface area contributed by atoms with Crippen LogP contribution in [0.4, 0.5) is 0 Å². The normalized spacial score (nSPS) is 13.8. The molecule has 0 heterocycles. The summed E-state index contributed by atoms with van der Waals surface area (Å²) in [5.74, 6) is -0.123. The van der Waals surface area contributed by atoms with Crippen molar-refractivity contribution >= 4 is 15.6 Å². The average molecular weight is 235 g/mol. The predicted molar refractivity (Wildman–Crippen MR) is 61.4 cm³/mol. The number of hydrogen-bond donors (Lipinski definition) is 1.